The van der Waals surface area contributed by atoms with Gasteiger partial charge in [-0.25, -0.2) is 0 Å². The Morgan fingerprint density at radius 2 is 1.74 bits per heavy atom. The van der Waals surface area contributed by atoms with Gasteiger partial charge in [0.1, 0.15) is 5.75 Å². The van der Waals surface area contributed by atoms with Crippen molar-refractivity contribution in [3.05, 3.63) is 59.2 Å². The van der Waals surface area contributed by atoms with Gasteiger partial charge < -0.3 is 10.1 Å². The smallest absolute Gasteiger partial charge is 0.141 e. The molecular weight excluding hydrogens is 234 g/mol. The highest BCUT2D eigenvalue weighted by Gasteiger charge is 2.09. The van der Waals surface area contributed by atoms with E-state index in [4.69, 9.17) is 4.74 Å². The quantitative estimate of drug-likeness (QED) is 0.869. The summed E-state index contributed by atoms with van der Waals surface area (Å²) in [6, 6.07) is 15.0. The van der Waals surface area contributed by atoms with Crippen molar-refractivity contribution in [2.75, 3.05) is 12.4 Å². The summed E-state index contributed by atoms with van der Waals surface area (Å²) in [5.74, 6) is 0.880. The minimum absolute atomic E-state index is 0.246. The van der Waals surface area contributed by atoms with Crippen LogP contribution >= 0.6 is 0 Å². The molecule has 0 aliphatic carbocycles. The van der Waals surface area contributed by atoms with Crippen molar-refractivity contribution < 1.29 is 4.74 Å². The second-order valence-electron chi connectivity index (χ2n) is 4.98. The first-order valence-corrected chi connectivity index (χ1v) is 6.58. The summed E-state index contributed by atoms with van der Waals surface area (Å²) < 4.78 is 5.40. The van der Waals surface area contributed by atoms with Crippen LogP contribution in [0.4, 0.5) is 5.69 Å². The van der Waals surface area contributed by atoms with Gasteiger partial charge in [0.05, 0.1) is 12.8 Å². The first kappa shape index (κ1) is 13.5. The summed E-state index contributed by atoms with van der Waals surface area (Å²) in [5, 5.41) is 3.52. The van der Waals surface area contributed by atoms with Crippen LogP contribution in [0, 0.1) is 13.8 Å². The van der Waals surface area contributed by atoms with Crippen molar-refractivity contribution in [3.63, 3.8) is 0 Å². The first-order chi connectivity index (χ1) is 9.10. The van der Waals surface area contributed by atoms with Crippen molar-refractivity contribution in [2.45, 2.75) is 26.8 Å². The maximum absolute atomic E-state index is 5.40. The molecule has 2 aromatic carbocycles. The third kappa shape index (κ3) is 3.28. The van der Waals surface area contributed by atoms with Crippen LogP contribution < -0.4 is 10.1 Å². The van der Waals surface area contributed by atoms with Crippen LogP contribution in [0.2, 0.25) is 0 Å². The molecule has 2 rings (SSSR count). The van der Waals surface area contributed by atoms with Gasteiger partial charge in [-0.3, -0.25) is 0 Å². The number of anilines is 1. The summed E-state index contributed by atoms with van der Waals surface area (Å²) in [4.78, 5) is 0. The zero-order valence-corrected chi connectivity index (χ0v) is 12.0. The molecule has 0 amide bonds. The van der Waals surface area contributed by atoms with Crippen LogP contribution in [0.25, 0.3) is 0 Å². The summed E-state index contributed by atoms with van der Waals surface area (Å²) in [6.45, 7) is 6.36. The van der Waals surface area contributed by atoms with Gasteiger partial charge in [-0.05, 0) is 44.0 Å². The zero-order chi connectivity index (χ0) is 13.8. The van der Waals surface area contributed by atoms with Gasteiger partial charge in [-0.1, -0.05) is 35.9 Å². The number of ether oxygens (including phenoxy) is 1. The van der Waals surface area contributed by atoms with Crippen molar-refractivity contribution in [2.24, 2.45) is 0 Å². The molecule has 100 valence electrons. The minimum atomic E-state index is 0.246. The van der Waals surface area contributed by atoms with Gasteiger partial charge in [-0.15, -0.1) is 0 Å². The Morgan fingerprint density at radius 3 is 2.42 bits per heavy atom. The molecule has 1 atom stereocenters. The lowest BCUT2D eigenvalue weighted by Gasteiger charge is -2.18. The predicted molar refractivity (Wildman–Crippen MR) is 80.9 cm³/mol. The molecular formula is C17H21NO. The largest absolute Gasteiger partial charge is 0.495 e. The van der Waals surface area contributed by atoms with Crippen LogP contribution in [0.15, 0.2) is 42.5 Å². The van der Waals surface area contributed by atoms with Crippen molar-refractivity contribution >= 4 is 5.69 Å². The molecule has 0 saturated heterocycles. The van der Waals surface area contributed by atoms with E-state index in [9.17, 15) is 0 Å². The van der Waals surface area contributed by atoms with E-state index in [2.05, 4.69) is 62.5 Å². The highest BCUT2D eigenvalue weighted by molar-refractivity contribution is 5.59. The second kappa shape index (κ2) is 5.79. The fourth-order valence-corrected chi connectivity index (χ4v) is 2.19. The molecule has 0 aliphatic rings. The summed E-state index contributed by atoms with van der Waals surface area (Å²) in [5.41, 5.74) is 4.82. The minimum Gasteiger partial charge on any atom is -0.495 e. The molecule has 0 spiro atoms. The predicted octanol–water partition coefficient (Wildman–Crippen LogP) is 4.49. The lowest BCUT2D eigenvalue weighted by atomic mass is 10.1. The van der Waals surface area contributed by atoms with E-state index in [-0.39, 0.29) is 6.04 Å². The topological polar surface area (TPSA) is 21.3 Å². The van der Waals surface area contributed by atoms with Crippen LogP contribution in [0.3, 0.4) is 0 Å². The molecule has 2 nitrogen and oxygen atoms in total. The van der Waals surface area contributed by atoms with E-state index in [1.54, 1.807) is 7.11 Å². The number of aryl methyl sites for hydroxylation is 2. The maximum Gasteiger partial charge on any atom is 0.141 e. The van der Waals surface area contributed by atoms with Gasteiger partial charge in [0.25, 0.3) is 0 Å². The van der Waals surface area contributed by atoms with Crippen LogP contribution in [0.5, 0.6) is 5.75 Å². The van der Waals surface area contributed by atoms with Crippen LogP contribution in [-0.2, 0) is 0 Å². The molecule has 0 aromatic heterocycles. The molecule has 1 N–H and O–H groups in total. The molecule has 0 aliphatic heterocycles. The third-order valence-electron chi connectivity index (χ3n) is 3.27. The molecule has 0 radical (unpaired) electrons. The number of rotatable bonds is 4. The monoisotopic (exact) mass is 255 g/mol. The number of methoxy groups -OCH3 is 1. The highest BCUT2D eigenvalue weighted by Crippen LogP contribution is 2.29. The van der Waals surface area contributed by atoms with E-state index in [0.717, 1.165) is 11.4 Å². The van der Waals surface area contributed by atoms with E-state index < -0.39 is 0 Å². The Balaban J connectivity index is 2.23. The molecule has 19 heavy (non-hydrogen) atoms. The average molecular weight is 255 g/mol. The van der Waals surface area contributed by atoms with Crippen LogP contribution in [0.1, 0.15) is 29.7 Å². The first-order valence-electron chi connectivity index (χ1n) is 6.58. The van der Waals surface area contributed by atoms with E-state index in [0.29, 0.717) is 0 Å². The van der Waals surface area contributed by atoms with Gasteiger partial charge in [0.2, 0.25) is 0 Å². The zero-order valence-electron chi connectivity index (χ0n) is 12.0. The Kier molecular flexibility index (Phi) is 4.10. The fourth-order valence-electron chi connectivity index (χ4n) is 2.19. The normalized spacial score (nSPS) is 12.0. The van der Waals surface area contributed by atoms with Gasteiger partial charge in [0.15, 0.2) is 0 Å². The average Bonchev–Trinajstić information content (AvgIpc) is 2.39. The molecule has 0 bridgehead atoms. The summed E-state index contributed by atoms with van der Waals surface area (Å²) >= 11 is 0. The standard InChI is InChI=1S/C17H21NO/c1-12-6-5-7-15(10-12)14(3)18-16-11-13(2)8-9-17(16)19-4/h5-11,14,18H,1-4H3. The lowest BCUT2D eigenvalue weighted by molar-refractivity contribution is 0.416. The SMILES string of the molecule is COc1ccc(C)cc1NC(C)c1cccc(C)c1. The number of hydrogen-bond donors (Lipinski definition) is 1. The van der Waals surface area contributed by atoms with Crippen molar-refractivity contribution in [1.82, 2.24) is 0 Å². The molecule has 2 aromatic rings. The molecule has 1 unspecified atom stereocenters. The Labute approximate surface area is 115 Å². The lowest BCUT2D eigenvalue weighted by Crippen LogP contribution is -2.08. The summed E-state index contributed by atoms with van der Waals surface area (Å²) in [7, 11) is 1.70. The molecule has 0 fully saturated rings. The number of benzene rings is 2. The van der Waals surface area contributed by atoms with Gasteiger partial charge in [-0.2, -0.15) is 0 Å². The third-order valence-corrected chi connectivity index (χ3v) is 3.27. The summed E-state index contributed by atoms with van der Waals surface area (Å²) in [6.07, 6.45) is 0. The van der Waals surface area contributed by atoms with Crippen LogP contribution in [-0.4, -0.2) is 7.11 Å². The van der Waals surface area contributed by atoms with Crippen molar-refractivity contribution in [3.8, 4) is 5.75 Å². The molecule has 0 saturated carbocycles. The van der Waals surface area contributed by atoms with Gasteiger partial charge >= 0.3 is 0 Å². The Hall–Kier alpha value is -1.96. The Morgan fingerprint density at radius 1 is 1.00 bits per heavy atom. The van der Waals surface area contributed by atoms with E-state index in [1.807, 2.05) is 6.07 Å². The number of nitrogens with one attached hydrogen (secondary N) is 1. The maximum atomic E-state index is 5.40. The number of hydrogen-bond acceptors (Lipinski definition) is 2. The van der Waals surface area contributed by atoms with E-state index >= 15 is 0 Å². The fraction of sp³-hybridized carbons (Fsp3) is 0.294. The van der Waals surface area contributed by atoms with Gasteiger partial charge in [0, 0.05) is 6.04 Å². The van der Waals surface area contributed by atoms with Crippen molar-refractivity contribution in [1.29, 1.82) is 0 Å². The highest BCUT2D eigenvalue weighted by atomic mass is 16.5. The molecule has 2 heteroatoms. The second-order valence-corrected chi connectivity index (χ2v) is 4.98. The molecule has 0 heterocycles. The van der Waals surface area contributed by atoms with E-state index in [1.165, 1.54) is 16.7 Å². The Bertz CT molecular complexity index is 563.